The average Bonchev–Trinajstić information content (AvgIpc) is 2.52. The molecule has 0 aromatic heterocycles. The van der Waals surface area contributed by atoms with Crippen LogP contribution < -0.4 is 10.5 Å². The van der Waals surface area contributed by atoms with Gasteiger partial charge in [0.15, 0.2) is 0 Å². The van der Waals surface area contributed by atoms with E-state index in [-0.39, 0.29) is 5.69 Å². The zero-order valence-corrected chi connectivity index (χ0v) is 15.2. The van der Waals surface area contributed by atoms with Gasteiger partial charge in [-0.3, -0.25) is 9.11 Å². The maximum Gasteiger partial charge on any atom is 0.296 e. The standard InChI is InChI=1S/C14H15N3O7S2/c1-8-5-10(15)13(24-2)7-12(8)17-16-11-4-3-9(25(18,19)20)6-14(11)26(21,22)23/h3-7H,15H2,1-2H3,(H,18,19,20)(H,21,22,23). The number of ether oxygens (including phenoxy) is 1. The van der Waals surface area contributed by atoms with E-state index < -0.39 is 30.0 Å². The van der Waals surface area contributed by atoms with Crippen LogP contribution in [-0.4, -0.2) is 33.1 Å². The minimum atomic E-state index is -4.82. The first kappa shape index (κ1) is 19.8. The molecule has 140 valence electrons. The van der Waals surface area contributed by atoms with Gasteiger partial charge >= 0.3 is 0 Å². The third kappa shape index (κ3) is 4.35. The van der Waals surface area contributed by atoms with Crippen molar-refractivity contribution in [1.82, 2.24) is 0 Å². The molecule has 0 aliphatic heterocycles. The Morgan fingerprint density at radius 1 is 0.962 bits per heavy atom. The smallest absolute Gasteiger partial charge is 0.296 e. The number of aryl methyl sites for hydroxylation is 1. The van der Waals surface area contributed by atoms with Crippen molar-refractivity contribution >= 4 is 37.3 Å². The van der Waals surface area contributed by atoms with Gasteiger partial charge in [0.2, 0.25) is 0 Å². The maximum absolute atomic E-state index is 11.5. The fourth-order valence-electron chi connectivity index (χ4n) is 2.04. The van der Waals surface area contributed by atoms with E-state index in [1.54, 1.807) is 13.0 Å². The number of benzene rings is 2. The van der Waals surface area contributed by atoms with Gasteiger partial charge in [-0.1, -0.05) is 0 Å². The third-order valence-electron chi connectivity index (χ3n) is 3.32. The molecule has 0 atom stereocenters. The van der Waals surface area contributed by atoms with Crippen molar-refractivity contribution in [2.24, 2.45) is 10.2 Å². The van der Waals surface area contributed by atoms with Gasteiger partial charge in [-0.15, -0.1) is 5.11 Å². The van der Waals surface area contributed by atoms with E-state index in [1.165, 1.54) is 13.2 Å². The second-order valence-corrected chi connectivity index (χ2v) is 7.97. The summed E-state index contributed by atoms with van der Waals surface area (Å²) in [5.74, 6) is 0.335. The summed E-state index contributed by atoms with van der Waals surface area (Å²) in [5.41, 5.74) is 6.74. The van der Waals surface area contributed by atoms with Crippen molar-refractivity contribution in [3.8, 4) is 5.75 Å². The van der Waals surface area contributed by atoms with Crippen molar-refractivity contribution in [3.05, 3.63) is 35.9 Å². The van der Waals surface area contributed by atoms with Crippen LogP contribution in [0.15, 0.2) is 50.4 Å². The van der Waals surface area contributed by atoms with Crippen molar-refractivity contribution in [3.63, 3.8) is 0 Å². The molecule has 0 bridgehead atoms. The fraction of sp³-hybridized carbons (Fsp3) is 0.143. The number of anilines is 1. The second-order valence-electron chi connectivity index (χ2n) is 5.16. The topological polar surface area (TPSA) is 169 Å². The van der Waals surface area contributed by atoms with E-state index in [0.717, 1.165) is 12.1 Å². The van der Waals surface area contributed by atoms with E-state index in [0.29, 0.717) is 28.8 Å². The summed E-state index contributed by atoms with van der Waals surface area (Å²) in [5, 5.41) is 7.64. The summed E-state index contributed by atoms with van der Waals surface area (Å²) < 4.78 is 68.7. The first-order chi connectivity index (χ1) is 11.9. The molecule has 0 unspecified atom stereocenters. The summed E-state index contributed by atoms with van der Waals surface area (Å²) in [4.78, 5) is -1.54. The van der Waals surface area contributed by atoms with Crippen molar-refractivity contribution < 1.29 is 30.7 Å². The quantitative estimate of drug-likeness (QED) is 0.390. The molecule has 0 aliphatic carbocycles. The predicted octanol–water partition coefficient (Wildman–Crippen LogP) is 2.49. The highest BCUT2D eigenvalue weighted by molar-refractivity contribution is 7.86. The van der Waals surface area contributed by atoms with Gasteiger partial charge in [-0.25, -0.2) is 0 Å². The number of methoxy groups -OCH3 is 1. The molecule has 0 heterocycles. The first-order valence-corrected chi connectivity index (χ1v) is 9.76. The summed E-state index contributed by atoms with van der Waals surface area (Å²) in [6.07, 6.45) is 0. The molecule has 0 fully saturated rings. The lowest BCUT2D eigenvalue weighted by molar-refractivity contribution is 0.417. The van der Waals surface area contributed by atoms with Gasteiger partial charge in [0.25, 0.3) is 20.2 Å². The minimum absolute atomic E-state index is 0.316. The Labute approximate surface area is 149 Å². The molecular formula is C14H15N3O7S2. The van der Waals surface area contributed by atoms with Gasteiger partial charge in [0, 0.05) is 6.07 Å². The summed E-state index contributed by atoms with van der Waals surface area (Å²) in [6.45, 7) is 1.69. The van der Waals surface area contributed by atoms with Crippen LogP contribution in [0.3, 0.4) is 0 Å². The van der Waals surface area contributed by atoms with Gasteiger partial charge < -0.3 is 10.5 Å². The fourth-order valence-corrected chi connectivity index (χ4v) is 3.27. The maximum atomic E-state index is 11.5. The van der Waals surface area contributed by atoms with Gasteiger partial charge in [0.1, 0.15) is 16.3 Å². The molecule has 2 aromatic rings. The lowest BCUT2D eigenvalue weighted by atomic mass is 10.1. The van der Waals surface area contributed by atoms with E-state index >= 15 is 0 Å². The number of hydrogen-bond donors (Lipinski definition) is 3. The number of azo groups is 1. The van der Waals surface area contributed by atoms with Gasteiger partial charge in [0.05, 0.1) is 23.4 Å². The zero-order valence-electron chi connectivity index (χ0n) is 13.6. The Hall–Kier alpha value is -2.54. The Kier molecular flexibility index (Phi) is 5.32. The number of hydrogen-bond acceptors (Lipinski definition) is 8. The van der Waals surface area contributed by atoms with Crippen molar-refractivity contribution in [2.45, 2.75) is 16.7 Å². The minimum Gasteiger partial charge on any atom is -0.495 e. The number of nitrogens with two attached hydrogens (primary N) is 1. The van der Waals surface area contributed by atoms with E-state index in [1.807, 2.05) is 0 Å². The molecule has 0 amide bonds. The number of nitrogens with zero attached hydrogens (tertiary/aromatic N) is 2. The molecule has 2 rings (SSSR count). The largest absolute Gasteiger partial charge is 0.495 e. The highest BCUT2D eigenvalue weighted by Gasteiger charge is 2.20. The van der Waals surface area contributed by atoms with Crippen LogP contribution in [0, 0.1) is 6.92 Å². The Bertz CT molecular complexity index is 1090. The van der Waals surface area contributed by atoms with Crippen LogP contribution in [0.2, 0.25) is 0 Å². The van der Waals surface area contributed by atoms with Crippen molar-refractivity contribution in [1.29, 1.82) is 0 Å². The number of nitrogen functional groups attached to an aromatic ring is 1. The van der Waals surface area contributed by atoms with Crippen LogP contribution in [0.25, 0.3) is 0 Å². The predicted molar refractivity (Wildman–Crippen MR) is 92.4 cm³/mol. The van der Waals surface area contributed by atoms with Crippen LogP contribution in [-0.2, 0) is 20.2 Å². The second kappa shape index (κ2) is 6.99. The third-order valence-corrected chi connectivity index (χ3v) is 5.05. The molecule has 10 nitrogen and oxygen atoms in total. The molecule has 12 heteroatoms. The molecule has 0 saturated carbocycles. The van der Waals surface area contributed by atoms with E-state index in [4.69, 9.17) is 15.0 Å². The Morgan fingerprint density at radius 3 is 2.12 bits per heavy atom. The zero-order chi connectivity index (χ0) is 19.7. The first-order valence-electron chi connectivity index (χ1n) is 6.88. The highest BCUT2D eigenvalue weighted by atomic mass is 32.2. The van der Waals surface area contributed by atoms with Gasteiger partial charge in [-0.2, -0.15) is 21.9 Å². The Balaban J connectivity index is 2.58. The molecule has 0 radical (unpaired) electrons. The summed E-state index contributed by atoms with van der Waals surface area (Å²) in [7, 11) is -8.08. The Morgan fingerprint density at radius 2 is 1.58 bits per heavy atom. The van der Waals surface area contributed by atoms with E-state index in [2.05, 4.69) is 10.2 Å². The lowest BCUT2D eigenvalue weighted by Crippen LogP contribution is -2.03. The molecule has 2 aromatic carbocycles. The molecule has 0 aliphatic rings. The SMILES string of the molecule is COc1cc(N=Nc2ccc(S(=O)(=O)O)cc2S(=O)(=O)O)c(C)cc1N. The average molecular weight is 401 g/mol. The molecule has 0 spiro atoms. The van der Waals surface area contributed by atoms with Crippen LogP contribution in [0.5, 0.6) is 5.75 Å². The van der Waals surface area contributed by atoms with Crippen LogP contribution in [0.1, 0.15) is 5.56 Å². The highest BCUT2D eigenvalue weighted by Crippen LogP contribution is 2.33. The van der Waals surface area contributed by atoms with Gasteiger partial charge in [-0.05, 0) is 36.8 Å². The number of rotatable bonds is 5. The van der Waals surface area contributed by atoms with Crippen LogP contribution >= 0.6 is 0 Å². The molecule has 4 N–H and O–H groups in total. The van der Waals surface area contributed by atoms with Crippen molar-refractivity contribution in [2.75, 3.05) is 12.8 Å². The van der Waals surface area contributed by atoms with Crippen LogP contribution in [0.4, 0.5) is 17.1 Å². The summed E-state index contributed by atoms with van der Waals surface area (Å²) in [6, 6.07) is 5.55. The molecular weight excluding hydrogens is 386 g/mol. The lowest BCUT2D eigenvalue weighted by Gasteiger charge is -2.08. The normalized spacial score (nSPS) is 12.5. The monoisotopic (exact) mass is 401 g/mol. The van der Waals surface area contributed by atoms with E-state index in [9.17, 15) is 21.4 Å². The molecule has 26 heavy (non-hydrogen) atoms. The summed E-state index contributed by atoms with van der Waals surface area (Å²) >= 11 is 0. The molecule has 0 saturated heterocycles.